The number of hydrogen-bond donors (Lipinski definition) is 2. The van der Waals surface area contributed by atoms with Gasteiger partial charge >= 0.3 is 0 Å². The summed E-state index contributed by atoms with van der Waals surface area (Å²) in [6, 6.07) is 6.16. The van der Waals surface area contributed by atoms with E-state index < -0.39 is 0 Å². The molecular formula is C19H29N3O2. The van der Waals surface area contributed by atoms with Crippen LogP contribution in [-0.4, -0.2) is 31.0 Å². The molecule has 1 aliphatic heterocycles. The molecule has 1 spiro atoms. The molecular weight excluding hydrogens is 302 g/mol. The second-order valence-electron chi connectivity index (χ2n) is 7.29. The molecule has 0 radical (unpaired) electrons. The predicted octanol–water partition coefficient (Wildman–Crippen LogP) is 3.35. The van der Waals surface area contributed by atoms with E-state index in [0.717, 1.165) is 24.4 Å². The van der Waals surface area contributed by atoms with Crippen LogP contribution >= 0.6 is 0 Å². The van der Waals surface area contributed by atoms with Crippen LogP contribution in [0.1, 0.15) is 43.7 Å². The first-order chi connectivity index (χ1) is 11.5. The maximum Gasteiger partial charge on any atom is 0.193 e. The van der Waals surface area contributed by atoms with E-state index in [-0.39, 0.29) is 11.9 Å². The average molecular weight is 331 g/mol. The second-order valence-corrected chi connectivity index (χ2v) is 7.29. The van der Waals surface area contributed by atoms with Gasteiger partial charge in [0.15, 0.2) is 11.7 Å². The van der Waals surface area contributed by atoms with Crippen LogP contribution in [0.25, 0.3) is 0 Å². The van der Waals surface area contributed by atoms with Crippen molar-refractivity contribution in [3.05, 3.63) is 29.3 Å². The third-order valence-corrected chi connectivity index (χ3v) is 5.19. The van der Waals surface area contributed by atoms with Crippen LogP contribution in [0.3, 0.4) is 0 Å². The van der Waals surface area contributed by atoms with Gasteiger partial charge in [-0.15, -0.1) is 0 Å². The molecule has 3 rings (SSSR count). The van der Waals surface area contributed by atoms with E-state index in [2.05, 4.69) is 43.2 Å². The number of aryl methyl sites for hydroxylation is 2. The number of guanidine groups is 1. The fourth-order valence-electron chi connectivity index (χ4n) is 3.38. The maximum absolute atomic E-state index is 6.16. The monoisotopic (exact) mass is 331 g/mol. The summed E-state index contributed by atoms with van der Waals surface area (Å²) < 4.78 is 12.1. The molecule has 1 heterocycles. The van der Waals surface area contributed by atoms with Gasteiger partial charge in [-0.3, -0.25) is 4.99 Å². The van der Waals surface area contributed by atoms with Crippen molar-refractivity contribution in [2.45, 2.75) is 58.3 Å². The zero-order valence-electron chi connectivity index (χ0n) is 15.0. The van der Waals surface area contributed by atoms with E-state index >= 15 is 0 Å². The number of nitrogens with one attached hydrogen (secondary N) is 1. The van der Waals surface area contributed by atoms with Gasteiger partial charge in [0.05, 0.1) is 13.2 Å². The summed E-state index contributed by atoms with van der Waals surface area (Å²) in [5, 5.41) is 3.14. The highest BCUT2D eigenvalue weighted by atomic mass is 16.7. The van der Waals surface area contributed by atoms with E-state index in [9.17, 15) is 0 Å². The van der Waals surface area contributed by atoms with Crippen molar-refractivity contribution < 1.29 is 9.47 Å². The molecule has 3 N–H and O–H groups in total. The number of hydrogen-bond acceptors (Lipinski definition) is 3. The van der Waals surface area contributed by atoms with E-state index in [1.807, 2.05) is 6.07 Å². The molecule has 2 fully saturated rings. The minimum absolute atomic E-state index is 0.00138. The molecule has 1 aromatic rings. The number of ether oxygens (including phenoxy) is 2. The van der Waals surface area contributed by atoms with Gasteiger partial charge in [0.1, 0.15) is 6.10 Å². The van der Waals surface area contributed by atoms with Crippen molar-refractivity contribution >= 4 is 11.6 Å². The van der Waals surface area contributed by atoms with Gasteiger partial charge in [0, 0.05) is 18.5 Å². The lowest BCUT2D eigenvalue weighted by Crippen LogP contribution is -2.35. The molecule has 0 aromatic heterocycles. The molecule has 1 atom stereocenters. The predicted molar refractivity (Wildman–Crippen MR) is 97.2 cm³/mol. The highest BCUT2D eigenvalue weighted by Crippen LogP contribution is 2.39. The van der Waals surface area contributed by atoms with Gasteiger partial charge in [-0.25, -0.2) is 0 Å². The molecule has 1 saturated heterocycles. The van der Waals surface area contributed by atoms with Crippen molar-refractivity contribution in [2.75, 3.05) is 18.5 Å². The van der Waals surface area contributed by atoms with E-state index in [1.165, 1.54) is 24.0 Å². The molecule has 0 bridgehead atoms. The van der Waals surface area contributed by atoms with Crippen LogP contribution in [0.15, 0.2) is 23.2 Å². The number of aliphatic imine (C=N–C) groups is 1. The zero-order valence-corrected chi connectivity index (χ0v) is 15.0. The quantitative estimate of drug-likeness (QED) is 0.658. The standard InChI is InChI=1S/C19H29N3O2/c1-13-6-8-19(9-7-13)23-12-17(24-19)11-21-18(20)22-16-5-4-14(2)15(3)10-16/h4-5,10,13,17H,6-9,11-12H2,1-3H3,(H3,20,21,22). The third-order valence-electron chi connectivity index (χ3n) is 5.19. The highest BCUT2D eigenvalue weighted by molar-refractivity contribution is 5.92. The van der Waals surface area contributed by atoms with Crippen molar-refractivity contribution in [2.24, 2.45) is 16.6 Å². The van der Waals surface area contributed by atoms with Crippen LogP contribution in [0.5, 0.6) is 0 Å². The molecule has 1 aromatic carbocycles. The lowest BCUT2D eigenvalue weighted by molar-refractivity contribution is -0.190. The van der Waals surface area contributed by atoms with Crippen molar-refractivity contribution in [3.63, 3.8) is 0 Å². The first-order valence-corrected chi connectivity index (χ1v) is 8.92. The summed E-state index contributed by atoms with van der Waals surface area (Å²) >= 11 is 0. The first-order valence-electron chi connectivity index (χ1n) is 8.92. The molecule has 132 valence electrons. The van der Waals surface area contributed by atoms with Crippen molar-refractivity contribution in [3.8, 4) is 0 Å². The normalized spacial score (nSPS) is 30.7. The number of anilines is 1. The van der Waals surface area contributed by atoms with Crippen molar-refractivity contribution in [1.82, 2.24) is 0 Å². The lowest BCUT2D eigenvalue weighted by Gasteiger charge is -2.34. The Morgan fingerprint density at radius 1 is 1.29 bits per heavy atom. The van der Waals surface area contributed by atoms with Gasteiger partial charge in [-0.1, -0.05) is 13.0 Å². The van der Waals surface area contributed by atoms with Gasteiger partial charge in [0.25, 0.3) is 0 Å². The number of rotatable bonds is 3. The van der Waals surface area contributed by atoms with Gasteiger partial charge in [0.2, 0.25) is 0 Å². The summed E-state index contributed by atoms with van der Waals surface area (Å²) in [5.41, 5.74) is 9.46. The Morgan fingerprint density at radius 3 is 2.75 bits per heavy atom. The Labute approximate surface area is 144 Å². The summed E-state index contributed by atoms with van der Waals surface area (Å²) in [6.07, 6.45) is 4.33. The maximum atomic E-state index is 6.16. The highest BCUT2D eigenvalue weighted by Gasteiger charge is 2.43. The molecule has 2 aliphatic rings. The van der Waals surface area contributed by atoms with Crippen molar-refractivity contribution in [1.29, 1.82) is 0 Å². The third kappa shape index (κ3) is 4.08. The molecule has 0 amide bonds. The average Bonchev–Trinajstić information content (AvgIpc) is 2.95. The Bertz CT molecular complexity index is 607. The number of benzene rings is 1. The van der Waals surface area contributed by atoms with Gasteiger partial charge in [-0.2, -0.15) is 0 Å². The van der Waals surface area contributed by atoms with Crippen LogP contribution in [0.4, 0.5) is 5.69 Å². The fraction of sp³-hybridized carbons (Fsp3) is 0.632. The Morgan fingerprint density at radius 2 is 2.04 bits per heavy atom. The minimum atomic E-state index is -0.358. The van der Waals surface area contributed by atoms with Crippen LogP contribution in [-0.2, 0) is 9.47 Å². The molecule has 5 heteroatoms. The first kappa shape index (κ1) is 17.2. The van der Waals surface area contributed by atoms with E-state index in [1.54, 1.807) is 0 Å². The summed E-state index contributed by atoms with van der Waals surface area (Å²) in [6.45, 7) is 7.61. The Balaban J connectivity index is 1.51. The molecule has 1 unspecified atom stereocenters. The fourth-order valence-corrected chi connectivity index (χ4v) is 3.38. The molecule has 5 nitrogen and oxygen atoms in total. The van der Waals surface area contributed by atoms with Gasteiger partial charge in [-0.05, 0) is 55.9 Å². The lowest BCUT2D eigenvalue weighted by atomic mass is 9.86. The van der Waals surface area contributed by atoms with Gasteiger partial charge < -0.3 is 20.5 Å². The SMILES string of the molecule is Cc1ccc(NC(N)=NCC2COC3(CCC(C)CC3)O2)cc1C. The summed E-state index contributed by atoms with van der Waals surface area (Å²) in [5.74, 6) is 0.834. The van der Waals surface area contributed by atoms with Crippen LogP contribution < -0.4 is 11.1 Å². The number of nitrogens with zero attached hydrogens (tertiary/aromatic N) is 1. The van der Waals surface area contributed by atoms with Crippen LogP contribution in [0, 0.1) is 19.8 Å². The molecule has 24 heavy (non-hydrogen) atoms. The minimum Gasteiger partial charge on any atom is -0.370 e. The molecule has 1 aliphatic carbocycles. The second kappa shape index (κ2) is 7.11. The zero-order chi connectivity index (χ0) is 17.2. The summed E-state index contributed by atoms with van der Waals surface area (Å²) in [4.78, 5) is 4.42. The summed E-state index contributed by atoms with van der Waals surface area (Å²) in [7, 11) is 0. The Kier molecular flexibility index (Phi) is 5.11. The largest absolute Gasteiger partial charge is 0.370 e. The Hall–Kier alpha value is -1.59. The van der Waals surface area contributed by atoms with E-state index in [4.69, 9.17) is 15.2 Å². The molecule has 1 saturated carbocycles. The smallest absolute Gasteiger partial charge is 0.193 e. The van der Waals surface area contributed by atoms with Crippen LogP contribution in [0.2, 0.25) is 0 Å². The topological polar surface area (TPSA) is 68.9 Å². The number of nitrogens with two attached hydrogens (primary N) is 1. The van der Waals surface area contributed by atoms with E-state index in [0.29, 0.717) is 19.1 Å².